The highest BCUT2D eigenvalue weighted by molar-refractivity contribution is 7.80. The highest BCUT2D eigenvalue weighted by Crippen LogP contribution is 2.29. The van der Waals surface area contributed by atoms with Crippen LogP contribution in [-0.2, 0) is 4.79 Å². The van der Waals surface area contributed by atoms with Crippen LogP contribution in [0, 0.1) is 11.8 Å². The summed E-state index contributed by atoms with van der Waals surface area (Å²) in [5.41, 5.74) is 5.76. The zero-order valence-electron chi connectivity index (χ0n) is 12.1. The van der Waals surface area contributed by atoms with Crippen LogP contribution in [0.5, 0.6) is 0 Å². The summed E-state index contributed by atoms with van der Waals surface area (Å²) in [6, 6.07) is 1.15. The largest absolute Gasteiger partial charge is 0.393 e. The number of hydrogen-bond donors (Lipinski definition) is 1. The number of carbonyl (C=O) groups excluding carboxylic acids is 1. The summed E-state index contributed by atoms with van der Waals surface area (Å²) in [5.74, 6) is -0.0106. The maximum Gasteiger partial charge on any atom is 0.232 e. The predicted molar refractivity (Wildman–Crippen MR) is 80.9 cm³/mol. The number of carbonyl (C=O) groups is 1. The number of likely N-dealkylation sites (tertiary alicyclic amines) is 1. The third-order valence-electron chi connectivity index (χ3n) is 4.70. The van der Waals surface area contributed by atoms with Crippen molar-refractivity contribution >= 4 is 23.1 Å². The highest BCUT2D eigenvalue weighted by Gasteiger charge is 2.38. The van der Waals surface area contributed by atoms with Gasteiger partial charge in [-0.05, 0) is 32.2 Å². The van der Waals surface area contributed by atoms with Crippen molar-refractivity contribution in [2.24, 2.45) is 17.6 Å². The molecule has 2 heterocycles. The van der Waals surface area contributed by atoms with E-state index in [1.54, 1.807) is 0 Å². The quantitative estimate of drug-likeness (QED) is 0.792. The van der Waals surface area contributed by atoms with E-state index in [2.05, 4.69) is 11.9 Å². The number of likely N-dealkylation sites (N-methyl/N-ethyl adjacent to an activating group) is 1. The molecule has 3 unspecified atom stereocenters. The van der Waals surface area contributed by atoms with Crippen LogP contribution < -0.4 is 5.73 Å². The van der Waals surface area contributed by atoms with Gasteiger partial charge in [0.25, 0.3) is 0 Å². The minimum atomic E-state index is -0.308. The Morgan fingerprint density at radius 2 is 1.89 bits per heavy atom. The zero-order valence-corrected chi connectivity index (χ0v) is 12.9. The van der Waals surface area contributed by atoms with Gasteiger partial charge in [0.1, 0.15) is 0 Å². The fraction of sp³-hybridized carbons (Fsp3) is 0.857. The highest BCUT2D eigenvalue weighted by atomic mass is 32.1. The number of thiocarbonyl (C=S) groups is 1. The number of rotatable bonds is 3. The van der Waals surface area contributed by atoms with Gasteiger partial charge < -0.3 is 10.6 Å². The van der Waals surface area contributed by atoms with E-state index in [1.165, 1.54) is 12.8 Å². The average Bonchev–Trinajstić information content (AvgIpc) is 2.51. The van der Waals surface area contributed by atoms with E-state index in [-0.39, 0.29) is 17.7 Å². The van der Waals surface area contributed by atoms with Crippen molar-refractivity contribution in [3.63, 3.8) is 0 Å². The Morgan fingerprint density at radius 3 is 2.47 bits per heavy atom. The molecule has 2 aliphatic rings. The van der Waals surface area contributed by atoms with Crippen LogP contribution in [0.15, 0.2) is 0 Å². The Morgan fingerprint density at radius 1 is 1.26 bits per heavy atom. The molecule has 2 aliphatic heterocycles. The molecule has 0 aromatic rings. The molecule has 0 radical (unpaired) electrons. The van der Waals surface area contributed by atoms with Crippen molar-refractivity contribution in [1.82, 2.24) is 9.80 Å². The van der Waals surface area contributed by atoms with Gasteiger partial charge in [-0.3, -0.25) is 9.69 Å². The van der Waals surface area contributed by atoms with Crippen molar-refractivity contribution in [1.29, 1.82) is 0 Å². The Bertz CT molecular complexity index is 372. The Hall–Kier alpha value is -0.680. The van der Waals surface area contributed by atoms with Gasteiger partial charge in [0, 0.05) is 25.2 Å². The van der Waals surface area contributed by atoms with Crippen molar-refractivity contribution in [3.8, 4) is 0 Å². The summed E-state index contributed by atoms with van der Waals surface area (Å²) >= 11 is 5.08. The van der Waals surface area contributed by atoms with Crippen LogP contribution >= 0.6 is 12.2 Å². The second-order valence-corrected chi connectivity index (χ2v) is 6.72. The lowest BCUT2D eigenvalue weighted by Crippen LogP contribution is -2.46. The molecule has 2 N–H and O–H groups in total. The second kappa shape index (κ2) is 5.75. The fourth-order valence-electron chi connectivity index (χ4n) is 3.44. The monoisotopic (exact) mass is 283 g/mol. The van der Waals surface area contributed by atoms with E-state index in [0.29, 0.717) is 17.1 Å². The van der Waals surface area contributed by atoms with Gasteiger partial charge in [0.2, 0.25) is 5.91 Å². The smallest absolute Gasteiger partial charge is 0.232 e. The Balaban J connectivity index is 2.09. The molecule has 1 amide bonds. The van der Waals surface area contributed by atoms with E-state index >= 15 is 0 Å². The zero-order chi connectivity index (χ0) is 14.2. The van der Waals surface area contributed by atoms with Gasteiger partial charge in [-0.2, -0.15) is 0 Å². The third kappa shape index (κ3) is 2.92. The molecule has 2 saturated heterocycles. The van der Waals surface area contributed by atoms with E-state index in [0.717, 1.165) is 19.5 Å². The molecule has 2 bridgehead atoms. The van der Waals surface area contributed by atoms with Gasteiger partial charge in [0.05, 0.1) is 10.9 Å². The first-order chi connectivity index (χ1) is 8.91. The maximum absolute atomic E-state index is 12.7. The molecule has 0 aromatic carbocycles. The van der Waals surface area contributed by atoms with E-state index in [1.807, 2.05) is 18.7 Å². The average molecular weight is 283 g/mol. The first kappa shape index (κ1) is 14.7. The summed E-state index contributed by atoms with van der Waals surface area (Å²) in [5, 5.41) is 0. The standard InChI is InChI=1S/C14H25N3OS/c1-9(2)12(13(15)19)14(18)17-7-6-10-4-5-11(8-17)16(10)3/h9-12H,4-8H2,1-3H3,(H2,15,19). The first-order valence-electron chi connectivity index (χ1n) is 7.21. The molecule has 3 atom stereocenters. The summed E-state index contributed by atoms with van der Waals surface area (Å²) in [6.07, 6.45) is 3.54. The molecule has 19 heavy (non-hydrogen) atoms. The molecule has 4 nitrogen and oxygen atoms in total. The minimum Gasteiger partial charge on any atom is -0.393 e. The van der Waals surface area contributed by atoms with Crippen LogP contribution in [0.25, 0.3) is 0 Å². The SMILES string of the molecule is CC(C)C(C(=O)N1CCC2CCC(C1)N2C)C(N)=S. The Labute approximate surface area is 121 Å². The lowest BCUT2D eigenvalue weighted by molar-refractivity contribution is -0.134. The van der Waals surface area contributed by atoms with Crippen molar-refractivity contribution in [2.75, 3.05) is 20.1 Å². The lowest BCUT2D eigenvalue weighted by atomic mass is 9.93. The molecule has 0 saturated carbocycles. The molecular formula is C14H25N3OS. The first-order valence-corrected chi connectivity index (χ1v) is 7.62. The van der Waals surface area contributed by atoms with Crippen LogP contribution in [0.1, 0.15) is 33.1 Å². The molecule has 108 valence electrons. The molecule has 5 heteroatoms. The third-order valence-corrected chi connectivity index (χ3v) is 4.95. The van der Waals surface area contributed by atoms with Gasteiger partial charge in [0.15, 0.2) is 0 Å². The van der Waals surface area contributed by atoms with Gasteiger partial charge in [-0.1, -0.05) is 26.1 Å². The van der Waals surface area contributed by atoms with Gasteiger partial charge >= 0.3 is 0 Å². The van der Waals surface area contributed by atoms with Gasteiger partial charge in [-0.25, -0.2) is 0 Å². The normalized spacial score (nSPS) is 29.4. The Kier molecular flexibility index (Phi) is 4.46. The van der Waals surface area contributed by atoms with Crippen molar-refractivity contribution < 1.29 is 4.79 Å². The number of nitrogens with two attached hydrogens (primary N) is 1. The van der Waals surface area contributed by atoms with E-state index in [9.17, 15) is 4.79 Å². The van der Waals surface area contributed by atoms with Crippen LogP contribution in [-0.4, -0.2) is 52.9 Å². The number of amides is 1. The summed E-state index contributed by atoms with van der Waals surface area (Å²) in [7, 11) is 2.18. The molecule has 0 aliphatic carbocycles. The van der Waals surface area contributed by atoms with E-state index < -0.39 is 0 Å². The van der Waals surface area contributed by atoms with Crippen LogP contribution in [0.3, 0.4) is 0 Å². The number of nitrogens with zero attached hydrogens (tertiary/aromatic N) is 2. The van der Waals surface area contributed by atoms with Crippen LogP contribution in [0.2, 0.25) is 0 Å². The fourth-order valence-corrected chi connectivity index (χ4v) is 3.81. The molecule has 2 rings (SSSR count). The summed E-state index contributed by atoms with van der Waals surface area (Å²) < 4.78 is 0. The van der Waals surface area contributed by atoms with E-state index in [4.69, 9.17) is 18.0 Å². The summed E-state index contributed by atoms with van der Waals surface area (Å²) in [4.78, 5) is 17.4. The minimum absolute atomic E-state index is 0.128. The lowest BCUT2D eigenvalue weighted by Gasteiger charge is -2.30. The van der Waals surface area contributed by atoms with Gasteiger partial charge in [-0.15, -0.1) is 0 Å². The number of hydrogen-bond acceptors (Lipinski definition) is 3. The van der Waals surface area contributed by atoms with Crippen molar-refractivity contribution in [2.45, 2.75) is 45.2 Å². The molecule has 0 aromatic heterocycles. The maximum atomic E-state index is 12.7. The van der Waals surface area contributed by atoms with Crippen LogP contribution in [0.4, 0.5) is 0 Å². The molecule has 0 spiro atoms. The molecule has 2 fully saturated rings. The predicted octanol–water partition coefficient (Wildman–Crippen LogP) is 1.24. The summed E-state index contributed by atoms with van der Waals surface area (Å²) in [6.45, 7) is 5.70. The molecular weight excluding hydrogens is 258 g/mol. The van der Waals surface area contributed by atoms with Crippen molar-refractivity contribution in [3.05, 3.63) is 0 Å². The topological polar surface area (TPSA) is 49.6 Å². The second-order valence-electron chi connectivity index (χ2n) is 6.25. The number of fused-ring (bicyclic) bond motifs is 2.